The molecule has 2 aliphatic rings. The van der Waals surface area contributed by atoms with Crippen LogP contribution in [0.5, 0.6) is 5.75 Å². The fourth-order valence-electron chi connectivity index (χ4n) is 3.84. The molecule has 0 spiro atoms. The molecule has 0 atom stereocenters. The van der Waals surface area contributed by atoms with E-state index in [0.29, 0.717) is 47.5 Å². The number of para-hydroxylation sites is 1. The van der Waals surface area contributed by atoms with Gasteiger partial charge in [-0.15, -0.1) is 0 Å². The number of aromatic nitrogens is 2. The van der Waals surface area contributed by atoms with Crippen molar-refractivity contribution in [2.45, 2.75) is 19.4 Å². The van der Waals surface area contributed by atoms with Gasteiger partial charge in [0, 0.05) is 17.4 Å². The number of carbonyl (C=O) groups is 1. The van der Waals surface area contributed by atoms with E-state index in [9.17, 15) is 4.79 Å². The number of benzene rings is 1. The summed E-state index contributed by atoms with van der Waals surface area (Å²) in [6.07, 6.45) is 5.79. The number of nitrogens with two attached hydrogens (primary N) is 2. The summed E-state index contributed by atoms with van der Waals surface area (Å²) in [7, 11) is 0. The number of nitrogens with one attached hydrogen (secondary N) is 1. The maximum atomic E-state index is 12.9. The third-order valence-corrected chi connectivity index (χ3v) is 5.54. The van der Waals surface area contributed by atoms with Gasteiger partial charge in [-0.2, -0.15) is 0 Å². The van der Waals surface area contributed by atoms with Gasteiger partial charge < -0.3 is 15.9 Å². The van der Waals surface area contributed by atoms with Crippen LogP contribution in [0.2, 0.25) is 0 Å². The van der Waals surface area contributed by atoms with E-state index in [0.717, 1.165) is 11.3 Å². The highest BCUT2D eigenvalue weighted by atomic mass is 16.5. The molecule has 0 bridgehead atoms. The zero-order valence-corrected chi connectivity index (χ0v) is 16.5. The molecule has 0 unspecified atom stereocenters. The van der Waals surface area contributed by atoms with Gasteiger partial charge in [-0.1, -0.05) is 18.2 Å². The smallest absolute Gasteiger partial charge is 0.182 e. The number of Topliss-reactive ketones (excluding diaryl/α,β-unsaturated/α-hetero) is 1. The molecule has 1 fully saturated rings. The van der Waals surface area contributed by atoms with E-state index >= 15 is 0 Å². The number of anilines is 2. The number of carbonyl (C=O) groups excluding carboxylic acids is 1. The van der Waals surface area contributed by atoms with E-state index in [1.807, 2.05) is 36.4 Å². The van der Waals surface area contributed by atoms with Crippen molar-refractivity contribution in [1.82, 2.24) is 14.7 Å². The second-order valence-electron chi connectivity index (χ2n) is 7.86. The summed E-state index contributed by atoms with van der Waals surface area (Å²) < 4.78 is 7.63. The van der Waals surface area contributed by atoms with E-state index in [4.69, 9.17) is 16.4 Å². The van der Waals surface area contributed by atoms with Crippen molar-refractivity contribution < 1.29 is 9.53 Å². The Kier molecular flexibility index (Phi) is 4.65. The Morgan fingerprint density at radius 1 is 1.13 bits per heavy atom. The van der Waals surface area contributed by atoms with Crippen LogP contribution in [0.1, 0.15) is 28.9 Å². The molecule has 0 radical (unpaired) electrons. The maximum Gasteiger partial charge on any atom is 0.182 e. The minimum Gasteiger partial charge on any atom is -0.491 e. The SMILES string of the molecule is NN1CC(=O)c2c(Nc3ccccc3)c(-c3ccncc3OCC3CC3)n(N)c2C1. The summed E-state index contributed by atoms with van der Waals surface area (Å²) in [5.74, 6) is 13.7. The number of fused-ring (bicyclic) bond motifs is 1. The van der Waals surface area contributed by atoms with E-state index in [-0.39, 0.29) is 12.3 Å². The fourth-order valence-corrected chi connectivity index (χ4v) is 3.84. The molecule has 2 aromatic heterocycles. The van der Waals surface area contributed by atoms with E-state index in [1.165, 1.54) is 17.9 Å². The quantitative estimate of drug-likeness (QED) is 0.542. The van der Waals surface area contributed by atoms with Crippen LogP contribution >= 0.6 is 0 Å². The number of nitrogen functional groups attached to an aromatic ring is 1. The number of nitrogens with zero attached hydrogens (tertiary/aromatic N) is 3. The standard InChI is InChI=1S/C22H24N6O2/c23-27-11-17-20(18(29)12-27)21(26-15-4-2-1-3-5-15)22(28(17)24)16-8-9-25-10-19(16)30-13-14-6-7-14/h1-5,8-10,14,26H,6-7,11-13,23-24H2. The Bertz CT molecular complexity index is 1090. The van der Waals surface area contributed by atoms with Crippen molar-refractivity contribution in [3.63, 3.8) is 0 Å². The summed E-state index contributed by atoms with van der Waals surface area (Å²) >= 11 is 0. The average Bonchev–Trinajstić information content (AvgIpc) is 3.53. The first-order valence-corrected chi connectivity index (χ1v) is 10.1. The first-order valence-electron chi connectivity index (χ1n) is 10.1. The Morgan fingerprint density at radius 3 is 2.70 bits per heavy atom. The summed E-state index contributed by atoms with van der Waals surface area (Å²) in [6, 6.07) is 11.6. The van der Waals surface area contributed by atoms with E-state index in [2.05, 4.69) is 10.3 Å². The van der Waals surface area contributed by atoms with E-state index in [1.54, 1.807) is 17.1 Å². The van der Waals surface area contributed by atoms with Crippen LogP contribution in [0.4, 0.5) is 11.4 Å². The zero-order valence-electron chi connectivity index (χ0n) is 16.5. The van der Waals surface area contributed by atoms with Crippen molar-refractivity contribution >= 4 is 17.2 Å². The highest BCUT2D eigenvalue weighted by Gasteiger charge is 2.33. The molecule has 0 saturated heterocycles. The number of ketones is 1. The highest BCUT2D eigenvalue weighted by Crippen LogP contribution is 2.42. The molecule has 3 heterocycles. The summed E-state index contributed by atoms with van der Waals surface area (Å²) in [4.78, 5) is 17.2. The van der Waals surface area contributed by atoms with Gasteiger partial charge in [0.1, 0.15) is 5.75 Å². The van der Waals surface area contributed by atoms with Crippen LogP contribution in [0.3, 0.4) is 0 Å². The lowest BCUT2D eigenvalue weighted by Crippen LogP contribution is -2.41. The predicted molar refractivity (Wildman–Crippen MR) is 115 cm³/mol. The van der Waals surface area contributed by atoms with Crippen LogP contribution in [-0.2, 0) is 6.54 Å². The lowest BCUT2D eigenvalue weighted by Gasteiger charge is -2.22. The molecule has 0 amide bonds. The third-order valence-electron chi connectivity index (χ3n) is 5.54. The molecule has 8 heteroatoms. The fraction of sp³-hybridized carbons (Fsp3) is 0.273. The van der Waals surface area contributed by atoms with Gasteiger partial charge >= 0.3 is 0 Å². The van der Waals surface area contributed by atoms with Crippen LogP contribution in [-0.4, -0.2) is 33.6 Å². The Balaban J connectivity index is 1.66. The minimum absolute atomic E-state index is 0.0721. The first kappa shape index (κ1) is 18.7. The predicted octanol–water partition coefficient (Wildman–Crippen LogP) is 2.67. The lowest BCUT2D eigenvalue weighted by molar-refractivity contribution is 0.0900. The summed E-state index contributed by atoms with van der Waals surface area (Å²) in [6.45, 7) is 1.17. The summed E-state index contributed by atoms with van der Waals surface area (Å²) in [5.41, 5.74) is 4.25. The minimum atomic E-state index is -0.0721. The maximum absolute atomic E-state index is 12.9. The molecule has 1 saturated carbocycles. The Morgan fingerprint density at radius 2 is 1.93 bits per heavy atom. The number of ether oxygens (including phenoxy) is 1. The largest absolute Gasteiger partial charge is 0.491 e. The van der Waals surface area contributed by atoms with Crippen molar-refractivity contribution in [1.29, 1.82) is 0 Å². The highest BCUT2D eigenvalue weighted by molar-refractivity contribution is 6.08. The van der Waals surface area contributed by atoms with Crippen molar-refractivity contribution in [2.75, 3.05) is 24.3 Å². The molecule has 8 nitrogen and oxygen atoms in total. The van der Waals surface area contributed by atoms with Crippen LogP contribution in [0.15, 0.2) is 48.8 Å². The molecule has 1 aliphatic carbocycles. The topological polar surface area (TPSA) is 111 Å². The normalized spacial score (nSPS) is 16.4. The number of hydrazine groups is 1. The molecular weight excluding hydrogens is 380 g/mol. The van der Waals surface area contributed by atoms with Gasteiger partial charge in [0.15, 0.2) is 5.78 Å². The molecule has 154 valence electrons. The molecule has 5 rings (SSSR count). The third kappa shape index (κ3) is 3.40. The molecule has 30 heavy (non-hydrogen) atoms. The monoisotopic (exact) mass is 404 g/mol. The molecule has 3 aromatic rings. The number of hydrogen-bond acceptors (Lipinski definition) is 7. The zero-order chi connectivity index (χ0) is 20.7. The van der Waals surface area contributed by atoms with Crippen molar-refractivity contribution in [3.05, 3.63) is 60.0 Å². The number of rotatable bonds is 6. The van der Waals surface area contributed by atoms with Crippen molar-refractivity contribution in [2.24, 2.45) is 11.8 Å². The van der Waals surface area contributed by atoms with Crippen molar-refractivity contribution in [3.8, 4) is 17.0 Å². The molecular formula is C22H24N6O2. The van der Waals surface area contributed by atoms with Crippen LogP contribution in [0, 0.1) is 5.92 Å². The Labute approximate surface area is 174 Å². The summed E-state index contributed by atoms with van der Waals surface area (Å²) in [5, 5.41) is 4.89. The van der Waals surface area contributed by atoms with Gasteiger partial charge in [0.05, 0.1) is 48.5 Å². The van der Waals surface area contributed by atoms with Gasteiger partial charge in [-0.05, 0) is 37.0 Å². The van der Waals surface area contributed by atoms with E-state index < -0.39 is 0 Å². The second kappa shape index (κ2) is 7.47. The molecule has 1 aromatic carbocycles. The first-order chi connectivity index (χ1) is 14.6. The number of hydrogen-bond donors (Lipinski definition) is 3. The van der Waals surface area contributed by atoms with Crippen LogP contribution in [0.25, 0.3) is 11.3 Å². The lowest BCUT2D eigenvalue weighted by atomic mass is 10.0. The van der Waals surface area contributed by atoms with Crippen LogP contribution < -0.4 is 21.7 Å². The van der Waals surface area contributed by atoms with Gasteiger partial charge in [-0.25, -0.2) is 5.01 Å². The molecule has 1 aliphatic heterocycles. The molecule has 5 N–H and O–H groups in total. The average molecular weight is 404 g/mol. The number of pyridine rings is 1. The van der Waals surface area contributed by atoms with Gasteiger partial charge in [0.2, 0.25) is 0 Å². The second-order valence-corrected chi connectivity index (χ2v) is 7.86. The van der Waals surface area contributed by atoms with Gasteiger partial charge in [0.25, 0.3) is 0 Å². The Hall–Kier alpha value is -3.36. The van der Waals surface area contributed by atoms with Gasteiger partial charge in [-0.3, -0.25) is 20.3 Å².